The van der Waals surface area contributed by atoms with Gasteiger partial charge in [0.25, 0.3) is 0 Å². The van der Waals surface area contributed by atoms with Gasteiger partial charge >= 0.3 is 0 Å². The van der Waals surface area contributed by atoms with Crippen LogP contribution in [0, 0.1) is 0 Å². The number of anilines is 1. The van der Waals surface area contributed by atoms with Crippen LogP contribution in [0.15, 0.2) is 0 Å². The van der Waals surface area contributed by atoms with E-state index in [1.54, 1.807) is 0 Å². The molecule has 0 fully saturated rings. The number of hydrogen-bond donors (Lipinski definition) is 0. The van der Waals surface area contributed by atoms with E-state index in [4.69, 9.17) is 4.98 Å². The standard InChI is InChI=1S/C14H24N2OS/c1-7-10(3)16(8-2)13-15-12(14(4,5)6)11(9-17)18-13/h9-10H,7-8H2,1-6H3. The lowest BCUT2D eigenvalue weighted by molar-refractivity contribution is 0.112. The van der Waals surface area contributed by atoms with E-state index in [1.165, 1.54) is 11.3 Å². The van der Waals surface area contributed by atoms with Crippen molar-refractivity contribution in [1.29, 1.82) is 0 Å². The summed E-state index contributed by atoms with van der Waals surface area (Å²) in [6.45, 7) is 13.7. The summed E-state index contributed by atoms with van der Waals surface area (Å²) in [6, 6.07) is 0.452. The summed E-state index contributed by atoms with van der Waals surface area (Å²) >= 11 is 1.51. The van der Waals surface area contributed by atoms with Gasteiger partial charge in [-0.15, -0.1) is 0 Å². The van der Waals surface area contributed by atoms with Gasteiger partial charge in [0.05, 0.1) is 10.6 Å². The van der Waals surface area contributed by atoms with Gasteiger partial charge in [-0.25, -0.2) is 4.98 Å². The summed E-state index contributed by atoms with van der Waals surface area (Å²) in [6.07, 6.45) is 2.01. The summed E-state index contributed by atoms with van der Waals surface area (Å²) in [5.41, 5.74) is 0.833. The molecule has 1 rings (SSSR count). The summed E-state index contributed by atoms with van der Waals surface area (Å²) in [5.74, 6) is 0. The first-order chi connectivity index (χ1) is 8.35. The number of nitrogens with zero attached hydrogens (tertiary/aromatic N) is 2. The Labute approximate surface area is 114 Å². The topological polar surface area (TPSA) is 33.2 Å². The largest absolute Gasteiger partial charge is 0.346 e. The fourth-order valence-electron chi connectivity index (χ4n) is 1.92. The van der Waals surface area contributed by atoms with Crippen molar-refractivity contribution in [3.05, 3.63) is 10.6 Å². The van der Waals surface area contributed by atoms with Crippen LogP contribution >= 0.6 is 11.3 Å². The fraction of sp³-hybridized carbons (Fsp3) is 0.714. The number of rotatable bonds is 5. The van der Waals surface area contributed by atoms with Gasteiger partial charge < -0.3 is 4.90 Å². The van der Waals surface area contributed by atoms with Gasteiger partial charge in [-0.05, 0) is 20.3 Å². The molecule has 0 bridgehead atoms. The number of thiazole rings is 1. The van der Waals surface area contributed by atoms with Crippen LogP contribution in [0.5, 0.6) is 0 Å². The van der Waals surface area contributed by atoms with Gasteiger partial charge in [-0.2, -0.15) is 0 Å². The zero-order chi connectivity index (χ0) is 13.9. The number of aromatic nitrogens is 1. The Morgan fingerprint density at radius 3 is 2.33 bits per heavy atom. The maximum Gasteiger partial charge on any atom is 0.186 e. The highest BCUT2D eigenvalue weighted by Crippen LogP contribution is 2.33. The average Bonchev–Trinajstić information content (AvgIpc) is 2.73. The Balaban J connectivity index is 3.19. The molecule has 0 amide bonds. The van der Waals surface area contributed by atoms with Crippen molar-refractivity contribution in [2.75, 3.05) is 11.4 Å². The van der Waals surface area contributed by atoms with E-state index in [2.05, 4.69) is 46.4 Å². The molecule has 1 unspecified atom stereocenters. The van der Waals surface area contributed by atoms with E-state index in [-0.39, 0.29) is 5.41 Å². The summed E-state index contributed by atoms with van der Waals surface area (Å²) < 4.78 is 0. The summed E-state index contributed by atoms with van der Waals surface area (Å²) in [5, 5.41) is 0.971. The molecule has 0 spiro atoms. The van der Waals surface area contributed by atoms with Crippen molar-refractivity contribution < 1.29 is 4.79 Å². The lowest BCUT2D eigenvalue weighted by Gasteiger charge is -2.26. The third-order valence-corrected chi connectivity index (χ3v) is 4.19. The van der Waals surface area contributed by atoms with Crippen LogP contribution in [-0.2, 0) is 5.41 Å². The summed E-state index contributed by atoms with van der Waals surface area (Å²) in [4.78, 5) is 18.9. The lowest BCUT2D eigenvalue weighted by Crippen LogP contribution is -2.32. The Hall–Kier alpha value is -0.900. The first kappa shape index (κ1) is 15.2. The van der Waals surface area contributed by atoms with E-state index in [0.29, 0.717) is 6.04 Å². The van der Waals surface area contributed by atoms with Crippen LogP contribution in [-0.4, -0.2) is 23.9 Å². The average molecular weight is 268 g/mol. The Morgan fingerprint density at radius 1 is 1.39 bits per heavy atom. The number of hydrogen-bond acceptors (Lipinski definition) is 4. The molecule has 4 heteroatoms. The number of carbonyl (C=O) groups excluding carboxylic acids is 1. The molecule has 0 N–H and O–H groups in total. The first-order valence-electron chi connectivity index (χ1n) is 6.58. The minimum absolute atomic E-state index is 0.0835. The minimum Gasteiger partial charge on any atom is -0.346 e. The van der Waals surface area contributed by atoms with Crippen LogP contribution in [0.2, 0.25) is 0 Å². The molecule has 102 valence electrons. The summed E-state index contributed by atoms with van der Waals surface area (Å²) in [7, 11) is 0. The van der Waals surface area contributed by atoms with Crippen molar-refractivity contribution in [3.8, 4) is 0 Å². The first-order valence-corrected chi connectivity index (χ1v) is 7.39. The van der Waals surface area contributed by atoms with Gasteiger partial charge in [0.1, 0.15) is 0 Å². The van der Waals surface area contributed by atoms with Crippen molar-refractivity contribution in [3.63, 3.8) is 0 Å². The van der Waals surface area contributed by atoms with Gasteiger partial charge in [-0.3, -0.25) is 4.79 Å². The molecule has 0 radical (unpaired) electrons. The molecule has 0 aromatic carbocycles. The van der Waals surface area contributed by atoms with Crippen molar-refractivity contribution in [2.45, 2.75) is 59.4 Å². The van der Waals surface area contributed by atoms with E-state index in [1.807, 2.05) is 0 Å². The monoisotopic (exact) mass is 268 g/mol. The third-order valence-electron chi connectivity index (χ3n) is 3.17. The maximum atomic E-state index is 11.2. The Bertz CT molecular complexity index is 406. The van der Waals surface area contributed by atoms with Crippen molar-refractivity contribution >= 4 is 22.8 Å². The van der Waals surface area contributed by atoms with Gasteiger partial charge in [0.2, 0.25) is 0 Å². The Kier molecular flexibility index (Phi) is 4.91. The second-order valence-corrected chi connectivity index (χ2v) is 6.63. The van der Waals surface area contributed by atoms with E-state index >= 15 is 0 Å². The molecule has 1 aromatic heterocycles. The fourth-order valence-corrected chi connectivity index (χ4v) is 3.17. The highest BCUT2D eigenvalue weighted by atomic mass is 32.1. The maximum absolute atomic E-state index is 11.2. The smallest absolute Gasteiger partial charge is 0.186 e. The minimum atomic E-state index is -0.0835. The molecular formula is C14H24N2OS. The molecule has 3 nitrogen and oxygen atoms in total. The van der Waals surface area contributed by atoms with E-state index in [0.717, 1.165) is 35.0 Å². The molecule has 1 atom stereocenters. The SMILES string of the molecule is CCC(C)N(CC)c1nc(C(C)(C)C)c(C=O)s1. The highest BCUT2D eigenvalue weighted by Gasteiger charge is 2.25. The van der Waals surface area contributed by atoms with Crippen LogP contribution in [0.1, 0.15) is 63.3 Å². The van der Waals surface area contributed by atoms with Gasteiger partial charge in [-0.1, -0.05) is 39.0 Å². The van der Waals surface area contributed by atoms with Crippen molar-refractivity contribution in [1.82, 2.24) is 4.98 Å². The predicted molar refractivity (Wildman–Crippen MR) is 79.0 cm³/mol. The van der Waals surface area contributed by atoms with Crippen LogP contribution in [0.4, 0.5) is 5.13 Å². The van der Waals surface area contributed by atoms with Gasteiger partial charge in [0.15, 0.2) is 11.4 Å². The van der Waals surface area contributed by atoms with E-state index in [9.17, 15) is 4.79 Å². The molecule has 0 saturated heterocycles. The number of carbonyl (C=O) groups is 1. The molecule has 0 aliphatic rings. The molecule has 0 aliphatic heterocycles. The second kappa shape index (κ2) is 5.83. The Morgan fingerprint density at radius 2 is 2.00 bits per heavy atom. The van der Waals surface area contributed by atoms with Crippen LogP contribution in [0.3, 0.4) is 0 Å². The quantitative estimate of drug-likeness (QED) is 0.760. The lowest BCUT2D eigenvalue weighted by atomic mass is 9.91. The van der Waals surface area contributed by atoms with Crippen molar-refractivity contribution in [2.24, 2.45) is 0 Å². The second-order valence-electron chi connectivity index (χ2n) is 5.62. The zero-order valence-corrected chi connectivity index (χ0v) is 13.1. The molecule has 0 aliphatic carbocycles. The molecule has 18 heavy (non-hydrogen) atoms. The van der Waals surface area contributed by atoms with Crippen LogP contribution < -0.4 is 4.90 Å². The van der Waals surface area contributed by atoms with Crippen LogP contribution in [0.25, 0.3) is 0 Å². The third kappa shape index (κ3) is 3.10. The zero-order valence-electron chi connectivity index (χ0n) is 12.3. The van der Waals surface area contributed by atoms with E-state index < -0.39 is 0 Å². The normalized spacial score (nSPS) is 13.4. The van der Waals surface area contributed by atoms with Gasteiger partial charge in [0, 0.05) is 18.0 Å². The molecule has 1 aromatic rings. The molecule has 1 heterocycles. The highest BCUT2D eigenvalue weighted by molar-refractivity contribution is 7.17. The number of aldehydes is 1. The molecule has 0 saturated carbocycles. The molecular weight excluding hydrogens is 244 g/mol. The predicted octanol–water partition coefficient (Wildman–Crippen LogP) is 3.88.